The van der Waals surface area contributed by atoms with E-state index in [0.29, 0.717) is 0 Å². The Morgan fingerprint density at radius 3 is 2.00 bits per heavy atom. The molecule has 15 heavy (non-hydrogen) atoms. The fourth-order valence-electron chi connectivity index (χ4n) is 1.38. The summed E-state index contributed by atoms with van der Waals surface area (Å²) in [5.74, 6) is -1.38. The number of rotatable bonds is 4. The number of methoxy groups -OCH3 is 1. The standard InChI is InChI=1S/C9H16N2O4/c1-4-9(5-2,7(13)15-3)6(12)11-8(10)14/h4-5H2,1-3H3,(H3,10,11,12,14). The summed E-state index contributed by atoms with van der Waals surface area (Å²) in [7, 11) is 1.19. The average Bonchev–Trinajstić information content (AvgIpc) is 2.19. The molecule has 0 aliphatic heterocycles. The Labute approximate surface area is 88.1 Å². The zero-order valence-electron chi connectivity index (χ0n) is 9.12. The predicted molar refractivity (Wildman–Crippen MR) is 52.8 cm³/mol. The second kappa shape index (κ2) is 5.33. The summed E-state index contributed by atoms with van der Waals surface area (Å²) in [6, 6.07) is -0.977. The number of carbonyl (C=O) groups excluding carboxylic acids is 3. The van der Waals surface area contributed by atoms with Crippen LogP contribution in [0.25, 0.3) is 0 Å². The maximum atomic E-state index is 11.6. The van der Waals surface area contributed by atoms with Crippen molar-refractivity contribution in [3.8, 4) is 0 Å². The fraction of sp³-hybridized carbons (Fsp3) is 0.667. The number of primary amides is 1. The largest absolute Gasteiger partial charge is 0.468 e. The molecule has 0 aromatic rings. The van der Waals surface area contributed by atoms with Gasteiger partial charge in [-0.1, -0.05) is 13.8 Å². The van der Waals surface area contributed by atoms with E-state index in [0.717, 1.165) is 0 Å². The quantitative estimate of drug-likeness (QED) is 0.516. The summed E-state index contributed by atoms with van der Waals surface area (Å²) in [5, 5.41) is 1.90. The molecule has 0 aromatic carbocycles. The molecule has 0 bridgehead atoms. The van der Waals surface area contributed by atoms with Crippen LogP contribution in [0.2, 0.25) is 0 Å². The summed E-state index contributed by atoms with van der Waals surface area (Å²) in [5.41, 5.74) is 3.49. The van der Waals surface area contributed by atoms with Crippen molar-refractivity contribution in [2.75, 3.05) is 7.11 Å². The van der Waals surface area contributed by atoms with E-state index in [-0.39, 0.29) is 12.8 Å². The average molecular weight is 216 g/mol. The number of imide groups is 1. The first-order valence-corrected chi connectivity index (χ1v) is 4.63. The third kappa shape index (κ3) is 2.68. The fourth-order valence-corrected chi connectivity index (χ4v) is 1.38. The van der Waals surface area contributed by atoms with Gasteiger partial charge in [-0.3, -0.25) is 14.9 Å². The maximum absolute atomic E-state index is 11.6. The van der Waals surface area contributed by atoms with E-state index in [1.54, 1.807) is 13.8 Å². The first kappa shape index (κ1) is 13.4. The molecule has 0 fully saturated rings. The summed E-state index contributed by atoms with van der Waals surface area (Å²) in [4.78, 5) is 33.6. The van der Waals surface area contributed by atoms with Gasteiger partial charge in [-0.05, 0) is 12.8 Å². The van der Waals surface area contributed by atoms with E-state index in [1.807, 2.05) is 5.32 Å². The number of esters is 1. The molecule has 0 aliphatic rings. The van der Waals surface area contributed by atoms with Crippen LogP contribution in [0.1, 0.15) is 26.7 Å². The van der Waals surface area contributed by atoms with Crippen molar-refractivity contribution in [1.29, 1.82) is 0 Å². The SMILES string of the molecule is CCC(CC)(C(=O)NC(N)=O)C(=O)OC. The van der Waals surface area contributed by atoms with Crippen molar-refractivity contribution in [3.63, 3.8) is 0 Å². The second-order valence-corrected chi connectivity index (χ2v) is 3.10. The van der Waals surface area contributed by atoms with Crippen molar-refractivity contribution in [3.05, 3.63) is 0 Å². The molecule has 0 unspecified atom stereocenters. The maximum Gasteiger partial charge on any atom is 0.321 e. The minimum absolute atomic E-state index is 0.245. The molecule has 0 aromatic heterocycles. The number of nitrogens with two attached hydrogens (primary N) is 1. The molecule has 0 rings (SSSR count). The van der Waals surface area contributed by atoms with Gasteiger partial charge in [0.25, 0.3) is 0 Å². The van der Waals surface area contributed by atoms with E-state index < -0.39 is 23.3 Å². The van der Waals surface area contributed by atoms with E-state index in [2.05, 4.69) is 4.74 Å². The third-order valence-corrected chi connectivity index (χ3v) is 2.45. The van der Waals surface area contributed by atoms with Crippen molar-refractivity contribution < 1.29 is 19.1 Å². The van der Waals surface area contributed by atoms with Crippen LogP contribution in [0.3, 0.4) is 0 Å². The van der Waals surface area contributed by atoms with Crippen LogP contribution in [-0.2, 0) is 14.3 Å². The van der Waals surface area contributed by atoms with Gasteiger partial charge in [0.1, 0.15) is 5.41 Å². The smallest absolute Gasteiger partial charge is 0.321 e. The van der Waals surface area contributed by atoms with Crippen LogP contribution in [0.5, 0.6) is 0 Å². The van der Waals surface area contributed by atoms with Crippen molar-refractivity contribution >= 4 is 17.9 Å². The number of carbonyl (C=O) groups is 3. The Bertz CT molecular complexity index is 271. The Hall–Kier alpha value is -1.59. The van der Waals surface area contributed by atoms with Gasteiger partial charge in [0.2, 0.25) is 5.91 Å². The number of amides is 3. The molecule has 6 nitrogen and oxygen atoms in total. The highest BCUT2D eigenvalue weighted by Gasteiger charge is 2.44. The first-order valence-electron chi connectivity index (χ1n) is 4.63. The molecule has 0 saturated heterocycles. The number of urea groups is 1. The van der Waals surface area contributed by atoms with Gasteiger partial charge in [-0.2, -0.15) is 0 Å². The lowest BCUT2D eigenvalue weighted by Crippen LogP contribution is -2.49. The van der Waals surface area contributed by atoms with Crippen LogP contribution in [0.4, 0.5) is 4.79 Å². The van der Waals surface area contributed by atoms with Gasteiger partial charge in [0.05, 0.1) is 7.11 Å². The van der Waals surface area contributed by atoms with Crippen molar-refractivity contribution in [1.82, 2.24) is 5.32 Å². The number of hydrogen-bond donors (Lipinski definition) is 2. The van der Waals surface area contributed by atoms with E-state index >= 15 is 0 Å². The summed E-state index contributed by atoms with van der Waals surface area (Å²) in [6.07, 6.45) is 0.491. The summed E-state index contributed by atoms with van der Waals surface area (Å²) < 4.78 is 4.55. The lowest BCUT2D eigenvalue weighted by molar-refractivity contribution is -0.159. The minimum atomic E-state index is -1.33. The first-order chi connectivity index (χ1) is 6.94. The summed E-state index contributed by atoms with van der Waals surface area (Å²) in [6.45, 7) is 3.34. The van der Waals surface area contributed by atoms with E-state index in [1.165, 1.54) is 7.11 Å². The van der Waals surface area contributed by atoms with E-state index in [9.17, 15) is 14.4 Å². The molecule has 0 spiro atoms. The highest BCUT2D eigenvalue weighted by molar-refractivity contribution is 6.07. The predicted octanol–water partition coefficient (Wildman–Crippen LogP) is 0.161. The van der Waals surface area contributed by atoms with Crippen LogP contribution in [0, 0.1) is 5.41 Å². The zero-order chi connectivity index (χ0) is 12.1. The van der Waals surface area contributed by atoms with Crippen LogP contribution >= 0.6 is 0 Å². The molecule has 3 amide bonds. The van der Waals surface area contributed by atoms with Gasteiger partial charge < -0.3 is 10.5 Å². The number of ether oxygens (including phenoxy) is 1. The lowest BCUT2D eigenvalue weighted by atomic mass is 9.81. The van der Waals surface area contributed by atoms with Gasteiger partial charge in [-0.15, -0.1) is 0 Å². The van der Waals surface area contributed by atoms with Crippen LogP contribution < -0.4 is 11.1 Å². The Morgan fingerprint density at radius 1 is 1.27 bits per heavy atom. The Balaban J connectivity index is 5.00. The molecule has 86 valence electrons. The monoisotopic (exact) mass is 216 g/mol. The zero-order valence-corrected chi connectivity index (χ0v) is 9.12. The topological polar surface area (TPSA) is 98.5 Å². The molecule has 0 saturated carbocycles. The minimum Gasteiger partial charge on any atom is -0.468 e. The van der Waals surface area contributed by atoms with Crippen molar-refractivity contribution in [2.24, 2.45) is 11.1 Å². The molecular weight excluding hydrogens is 200 g/mol. The molecule has 0 aliphatic carbocycles. The normalized spacial score (nSPS) is 10.6. The highest BCUT2D eigenvalue weighted by atomic mass is 16.5. The number of nitrogens with one attached hydrogen (secondary N) is 1. The van der Waals surface area contributed by atoms with Gasteiger partial charge in [0, 0.05) is 0 Å². The number of hydrogen-bond acceptors (Lipinski definition) is 4. The highest BCUT2D eigenvalue weighted by Crippen LogP contribution is 2.28. The third-order valence-electron chi connectivity index (χ3n) is 2.45. The molecule has 0 atom stereocenters. The van der Waals surface area contributed by atoms with Gasteiger partial charge in [0.15, 0.2) is 0 Å². The molecule has 0 heterocycles. The molecular formula is C9H16N2O4. The summed E-state index contributed by atoms with van der Waals surface area (Å²) >= 11 is 0. The van der Waals surface area contributed by atoms with Crippen LogP contribution in [-0.4, -0.2) is 25.0 Å². The van der Waals surface area contributed by atoms with E-state index in [4.69, 9.17) is 5.73 Å². The van der Waals surface area contributed by atoms with Gasteiger partial charge >= 0.3 is 12.0 Å². The van der Waals surface area contributed by atoms with Crippen LogP contribution in [0.15, 0.2) is 0 Å². The Kier molecular flexibility index (Phi) is 4.77. The lowest BCUT2D eigenvalue weighted by Gasteiger charge is -2.26. The molecule has 6 heteroatoms. The molecule has 0 radical (unpaired) electrons. The van der Waals surface area contributed by atoms with Crippen molar-refractivity contribution in [2.45, 2.75) is 26.7 Å². The molecule has 3 N–H and O–H groups in total. The Morgan fingerprint density at radius 2 is 1.73 bits per heavy atom. The second-order valence-electron chi connectivity index (χ2n) is 3.10. The van der Waals surface area contributed by atoms with Gasteiger partial charge in [-0.25, -0.2) is 4.79 Å².